The second-order valence-electron chi connectivity index (χ2n) is 6.85. The van der Waals surface area contributed by atoms with Gasteiger partial charge >= 0.3 is 0 Å². The standard InChI is InChI=1S/C26H17ClN2/c27-25-23-16-21(18-10-4-1-5-11-18)22(19-12-6-2-7-13-19)17-24(23)28-26(29-25)20-14-8-3-9-15-20/h1-17H. The molecule has 1 heterocycles. The summed E-state index contributed by atoms with van der Waals surface area (Å²) in [6, 6.07) is 34.8. The van der Waals surface area contributed by atoms with Crippen molar-refractivity contribution in [1.29, 1.82) is 0 Å². The molecule has 0 amide bonds. The van der Waals surface area contributed by atoms with Crippen LogP contribution in [0.4, 0.5) is 0 Å². The van der Waals surface area contributed by atoms with Gasteiger partial charge < -0.3 is 0 Å². The van der Waals surface area contributed by atoms with Crippen LogP contribution in [0.5, 0.6) is 0 Å². The van der Waals surface area contributed by atoms with E-state index in [2.05, 4.69) is 53.5 Å². The summed E-state index contributed by atoms with van der Waals surface area (Å²) >= 11 is 6.62. The number of halogens is 1. The fourth-order valence-corrected chi connectivity index (χ4v) is 3.80. The number of rotatable bonds is 3. The largest absolute Gasteiger partial charge is 0.228 e. The highest BCUT2D eigenvalue weighted by atomic mass is 35.5. The lowest BCUT2D eigenvalue weighted by molar-refractivity contribution is 1.23. The molecule has 0 saturated heterocycles. The summed E-state index contributed by atoms with van der Waals surface area (Å²) in [5.74, 6) is 0.634. The summed E-state index contributed by atoms with van der Waals surface area (Å²) < 4.78 is 0. The van der Waals surface area contributed by atoms with Crippen LogP contribution < -0.4 is 0 Å². The first-order valence-corrected chi connectivity index (χ1v) is 9.85. The molecule has 5 aromatic rings. The summed E-state index contributed by atoms with van der Waals surface area (Å²) in [5, 5.41) is 1.32. The van der Waals surface area contributed by atoms with Crippen molar-refractivity contribution in [2.45, 2.75) is 0 Å². The molecule has 0 unspecified atom stereocenters. The van der Waals surface area contributed by atoms with E-state index < -0.39 is 0 Å². The molecule has 0 atom stereocenters. The van der Waals surface area contributed by atoms with E-state index in [-0.39, 0.29) is 0 Å². The van der Waals surface area contributed by atoms with E-state index >= 15 is 0 Å². The number of hydrogen-bond donors (Lipinski definition) is 0. The zero-order valence-electron chi connectivity index (χ0n) is 15.6. The van der Waals surface area contributed by atoms with Gasteiger partial charge in [0.25, 0.3) is 0 Å². The van der Waals surface area contributed by atoms with Crippen LogP contribution in [-0.2, 0) is 0 Å². The second kappa shape index (κ2) is 7.50. The van der Waals surface area contributed by atoms with Gasteiger partial charge in [0.2, 0.25) is 0 Å². The molecular formula is C26H17ClN2. The van der Waals surface area contributed by atoms with Crippen LogP contribution >= 0.6 is 11.6 Å². The van der Waals surface area contributed by atoms with Crippen molar-refractivity contribution >= 4 is 22.5 Å². The average Bonchev–Trinajstić information content (AvgIpc) is 2.80. The van der Waals surface area contributed by atoms with Gasteiger partial charge in [0.15, 0.2) is 5.82 Å². The van der Waals surface area contributed by atoms with Gasteiger partial charge in [0.1, 0.15) is 5.15 Å². The van der Waals surface area contributed by atoms with Crippen molar-refractivity contribution in [3.8, 4) is 33.6 Å². The summed E-state index contributed by atoms with van der Waals surface area (Å²) in [7, 11) is 0. The van der Waals surface area contributed by atoms with Crippen LogP contribution in [0.3, 0.4) is 0 Å². The van der Waals surface area contributed by atoms with Gasteiger partial charge in [-0.05, 0) is 34.4 Å². The molecule has 1 aromatic heterocycles. The van der Waals surface area contributed by atoms with Crippen molar-refractivity contribution in [2.24, 2.45) is 0 Å². The minimum atomic E-state index is 0.464. The van der Waals surface area contributed by atoms with E-state index in [1.54, 1.807) is 0 Å². The van der Waals surface area contributed by atoms with Crippen molar-refractivity contribution in [2.75, 3.05) is 0 Å². The maximum Gasteiger partial charge on any atom is 0.161 e. The number of fused-ring (bicyclic) bond motifs is 1. The average molecular weight is 393 g/mol. The maximum absolute atomic E-state index is 6.62. The van der Waals surface area contributed by atoms with Gasteiger partial charge in [-0.15, -0.1) is 0 Å². The van der Waals surface area contributed by atoms with Crippen LogP contribution in [0.2, 0.25) is 5.15 Å². The van der Waals surface area contributed by atoms with E-state index in [0.717, 1.165) is 38.7 Å². The Morgan fingerprint density at radius 2 is 1.00 bits per heavy atom. The Morgan fingerprint density at radius 3 is 1.55 bits per heavy atom. The number of aromatic nitrogens is 2. The summed E-state index contributed by atoms with van der Waals surface area (Å²) in [5.41, 5.74) is 6.30. The third-order valence-electron chi connectivity index (χ3n) is 4.99. The maximum atomic E-state index is 6.62. The third kappa shape index (κ3) is 3.39. The quantitative estimate of drug-likeness (QED) is 0.301. The highest BCUT2D eigenvalue weighted by molar-refractivity contribution is 6.34. The van der Waals surface area contributed by atoms with Gasteiger partial charge in [0, 0.05) is 10.9 Å². The molecule has 2 nitrogen and oxygen atoms in total. The van der Waals surface area contributed by atoms with E-state index in [4.69, 9.17) is 16.6 Å². The molecule has 0 fully saturated rings. The molecule has 5 rings (SSSR count). The van der Waals surface area contributed by atoms with Crippen molar-refractivity contribution in [3.05, 3.63) is 108 Å². The summed E-state index contributed by atoms with van der Waals surface area (Å²) in [4.78, 5) is 9.39. The van der Waals surface area contributed by atoms with Crippen molar-refractivity contribution < 1.29 is 0 Å². The molecule has 0 bridgehead atoms. The lowest BCUT2D eigenvalue weighted by atomic mass is 9.93. The van der Waals surface area contributed by atoms with Gasteiger partial charge in [-0.1, -0.05) is 103 Å². The SMILES string of the molecule is Clc1nc(-c2ccccc2)nc2cc(-c3ccccc3)c(-c3ccccc3)cc12. The fraction of sp³-hybridized carbons (Fsp3) is 0. The molecule has 138 valence electrons. The second-order valence-corrected chi connectivity index (χ2v) is 7.21. The topological polar surface area (TPSA) is 25.8 Å². The van der Waals surface area contributed by atoms with Gasteiger partial charge in [-0.2, -0.15) is 0 Å². The molecule has 29 heavy (non-hydrogen) atoms. The summed E-state index contributed by atoms with van der Waals surface area (Å²) in [6.45, 7) is 0. The van der Waals surface area contributed by atoms with Crippen molar-refractivity contribution in [3.63, 3.8) is 0 Å². The molecule has 4 aromatic carbocycles. The first-order valence-electron chi connectivity index (χ1n) is 9.47. The molecule has 0 saturated carbocycles. The molecule has 0 aliphatic heterocycles. The molecule has 0 spiro atoms. The van der Waals surface area contributed by atoms with E-state index in [1.807, 2.05) is 54.6 Å². The first-order chi connectivity index (χ1) is 14.3. The normalized spacial score (nSPS) is 10.9. The highest BCUT2D eigenvalue weighted by Crippen LogP contribution is 2.37. The van der Waals surface area contributed by atoms with Crippen LogP contribution in [0, 0.1) is 0 Å². The lowest BCUT2D eigenvalue weighted by Gasteiger charge is -2.13. The Kier molecular flexibility index (Phi) is 4.55. The molecule has 0 radical (unpaired) electrons. The Balaban J connectivity index is 1.80. The number of hydrogen-bond acceptors (Lipinski definition) is 2. The Morgan fingerprint density at radius 1 is 0.517 bits per heavy atom. The van der Waals surface area contributed by atoms with Crippen LogP contribution in [-0.4, -0.2) is 9.97 Å². The molecule has 0 N–H and O–H groups in total. The first kappa shape index (κ1) is 17.6. The zero-order valence-corrected chi connectivity index (χ0v) is 16.3. The van der Waals surface area contributed by atoms with Crippen LogP contribution in [0.15, 0.2) is 103 Å². The molecule has 3 heteroatoms. The predicted octanol–water partition coefficient (Wildman–Crippen LogP) is 7.28. The zero-order chi connectivity index (χ0) is 19.6. The minimum Gasteiger partial charge on any atom is -0.228 e. The minimum absolute atomic E-state index is 0.464. The monoisotopic (exact) mass is 392 g/mol. The van der Waals surface area contributed by atoms with E-state index in [1.165, 1.54) is 0 Å². The Labute approximate surface area is 174 Å². The fourth-order valence-electron chi connectivity index (χ4n) is 3.57. The lowest BCUT2D eigenvalue weighted by Crippen LogP contribution is -1.94. The van der Waals surface area contributed by atoms with Gasteiger partial charge in [-0.3, -0.25) is 0 Å². The van der Waals surface area contributed by atoms with Crippen LogP contribution in [0.1, 0.15) is 0 Å². The molecular weight excluding hydrogens is 376 g/mol. The van der Waals surface area contributed by atoms with Gasteiger partial charge in [-0.25, -0.2) is 9.97 Å². The third-order valence-corrected chi connectivity index (χ3v) is 5.28. The van der Waals surface area contributed by atoms with Crippen molar-refractivity contribution in [1.82, 2.24) is 9.97 Å². The highest BCUT2D eigenvalue weighted by Gasteiger charge is 2.14. The number of nitrogens with zero attached hydrogens (tertiary/aromatic N) is 2. The molecule has 0 aliphatic rings. The van der Waals surface area contributed by atoms with Crippen LogP contribution in [0.25, 0.3) is 44.5 Å². The summed E-state index contributed by atoms with van der Waals surface area (Å²) in [6.07, 6.45) is 0. The van der Waals surface area contributed by atoms with E-state index in [9.17, 15) is 0 Å². The smallest absolute Gasteiger partial charge is 0.161 e. The molecule has 0 aliphatic carbocycles. The Bertz CT molecular complexity index is 1280. The predicted molar refractivity (Wildman–Crippen MR) is 121 cm³/mol. The van der Waals surface area contributed by atoms with E-state index in [0.29, 0.717) is 11.0 Å². The number of benzene rings is 4. The van der Waals surface area contributed by atoms with Gasteiger partial charge in [0.05, 0.1) is 5.52 Å². The Hall–Kier alpha value is -3.49.